The van der Waals surface area contributed by atoms with E-state index in [0.29, 0.717) is 19.4 Å². The van der Waals surface area contributed by atoms with Gasteiger partial charge in [0.2, 0.25) is 0 Å². The minimum Gasteiger partial charge on any atom is -0.481 e. The first-order valence-corrected chi connectivity index (χ1v) is 8.65. The van der Waals surface area contributed by atoms with Crippen molar-refractivity contribution >= 4 is 16.2 Å². The van der Waals surface area contributed by atoms with Gasteiger partial charge in [0.25, 0.3) is 10.2 Å². The number of hydrogen-bond donors (Lipinski definition) is 2. The molecule has 0 bridgehead atoms. The van der Waals surface area contributed by atoms with Gasteiger partial charge < -0.3 is 5.11 Å². The number of nitrogens with one attached hydrogen (secondary N) is 1. The van der Waals surface area contributed by atoms with Crippen LogP contribution >= 0.6 is 0 Å². The van der Waals surface area contributed by atoms with Gasteiger partial charge in [-0.1, -0.05) is 26.2 Å². The summed E-state index contributed by atoms with van der Waals surface area (Å²) in [5.41, 5.74) is -1.02. The molecule has 1 fully saturated rings. The van der Waals surface area contributed by atoms with Crippen molar-refractivity contribution in [3.63, 3.8) is 0 Å². The van der Waals surface area contributed by atoms with Crippen molar-refractivity contribution < 1.29 is 18.3 Å². The minimum atomic E-state index is -3.62. The largest absolute Gasteiger partial charge is 0.481 e. The Hall–Kier alpha value is -0.660. The Morgan fingerprint density at radius 1 is 1.45 bits per heavy atom. The van der Waals surface area contributed by atoms with Crippen LogP contribution in [0.1, 0.15) is 52.4 Å². The molecule has 2 N–H and O–H groups in total. The van der Waals surface area contributed by atoms with Crippen LogP contribution in [-0.2, 0) is 15.0 Å². The summed E-state index contributed by atoms with van der Waals surface area (Å²) in [6, 6.07) is -0.539. The lowest BCUT2D eigenvalue weighted by Crippen LogP contribution is -2.54. The van der Waals surface area contributed by atoms with Gasteiger partial charge in [-0.25, -0.2) is 0 Å². The Kier molecular flexibility index (Phi) is 5.97. The molecule has 6 nitrogen and oxygen atoms in total. The van der Waals surface area contributed by atoms with Crippen molar-refractivity contribution in [1.29, 1.82) is 0 Å². The number of aliphatic carboxylic acids is 1. The molecular weight excluding hydrogens is 280 g/mol. The quantitative estimate of drug-likeness (QED) is 0.748. The normalized spacial score (nSPS) is 27.7. The van der Waals surface area contributed by atoms with E-state index in [0.717, 1.165) is 25.7 Å². The molecule has 0 aromatic rings. The monoisotopic (exact) mass is 306 g/mol. The van der Waals surface area contributed by atoms with Gasteiger partial charge in [-0.15, -0.1) is 0 Å². The Morgan fingerprint density at radius 3 is 2.65 bits per heavy atom. The highest BCUT2D eigenvalue weighted by Gasteiger charge is 2.45. The predicted octanol–water partition coefficient (Wildman–Crippen LogP) is 1.59. The maximum Gasteiger partial charge on any atom is 0.310 e. The molecule has 0 radical (unpaired) electrons. The number of hydrogen-bond acceptors (Lipinski definition) is 3. The van der Waals surface area contributed by atoms with Crippen LogP contribution in [0.3, 0.4) is 0 Å². The zero-order chi connectivity index (χ0) is 15.4. The second kappa shape index (κ2) is 6.87. The Morgan fingerprint density at radius 2 is 2.10 bits per heavy atom. The molecule has 0 saturated heterocycles. The molecule has 1 saturated carbocycles. The van der Waals surface area contributed by atoms with Crippen molar-refractivity contribution in [3.05, 3.63) is 0 Å². The van der Waals surface area contributed by atoms with E-state index in [9.17, 15) is 18.3 Å². The first-order valence-electron chi connectivity index (χ1n) is 7.21. The molecule has 0 aliphatic heterocycles. The molecule has 2 unspecified atom stereocenters. The fourth-order valence-electron chi connectivity index (χ4n) is 2.55. The molecule has 1 aliphatic rings. The third-order valence-corrected chi connectivity index (χ3v) is 5.81. The lowest BCUT2D eigenvalue weighted by atomic mass is 9.72. The molecule has 0 aromatic heterocycles. The molecule has 20 heavy (non-hydrogen) atoms. The molecule has 0 aromatic carbocycles. The van der Waals surface area contributed by atoms with Gasteiger partial charge in [0, 0.05) is 19.6 Å². The van der Waals surface area contributed by atoms with Crippen LogP contribution in [-0.4, -0.2) is 43.4 Å². The summed E-state index contributed by atoms with van der Waals surface area (Å²) in [6.07, 6.45) is 4.47. The van der Waals surface area contributed by atoms with E-state index in [1.165, 1.54) is 11.4 Å². The molecule has 0 amide bonds. The Labute approximate surface area is 121 Å². The number of carboxylic acid groups (broad SMARTS) is 1. The first kappa shape index (κ1) is 17.4. The Bertz CT molecular complexity index is 438. The van der Waals surface area contributed by atoms with Gasteiger partial charge in [-0.2, -0.15) is 17.4 Å². The minimum absolute atomic E-state index is 0.447. The number of carboxylic acids is 1. The maximum absolute atomic E-state index is 12.2. The van der Waals surface area contributed by atoms with Crippen molar-refractivity contribution in [3.8, 4) is 0 Å². The molecule has 2 atom stereocenters. The van der Waals surface area contributed by atoms with Gasteiger partial charge >= 0.3 is 5.97 Å². The SMILES string of the molecule is CCCCN(C)S(=O)(=O)NC1CCCCC1(C)C(=O)O. The lowest BCUT2D eigenvalue weighted by Gasteiger charge is -2.38. The number of nitrogens with zero attached hydrogens (tertiary/aromatic N) is 1. The van der Waals surface area contributed by atoms with Gasteiger partial charge in [-0.3, -0.25) is 4.79 Å². The third-order valence-electron chi connectivity index (χ3n) is 4.22. The highest BCUT2D eigenvalue weighted by atomic mass is 32.2. The fourth-order valence-corrected chi connectivity index (χ4v) is 3.84. The summed E-state index contributed by atoms with van der Waals surface area (Å²) < 4.78 is 28.3. The molecule has 118 valence electrons. The number of rotatable bonds is 7. The summed E-state index contributed by atoms with van der Waals surface area (Å²) in [4.78, 5) is 11.5. The predicted molar refractivity (Wildman–Crippen MR) is 77.6 cm³/mol. The van der Waals surface area contributed by atoms with Gasteiger partial charge in [-0.05, 0) is 26.2 Å². The zero-order valence-electron chi connectivity index (χ0n) is 12.6. The van der Waals surface area contributed by atoms with E-state index >= 15 is 0 Å². The number of unbranched alkanes of at least 4 members (excludes halogenated alkanes) is 1. The van der Waals surface area contributed by atoms with Crippen molar-refractivity contribution in [2.75, 3.05) is 13.6 Å². The molecule has 7 heteroatoms. The highest BCUT2D eigenvalue weighted by molar-refractivity contribution is 7.87. The second-order valence-electron chi connectivity index (χ2n) is 5.82. The molecule has 0 heterocycles. The van der Waals surface area contributed by atoms with Crippen molar-refractivity contribution in [1.82, 2.24) is 9.03 Å². The summed E-state index contributed by atoms with van der Waals surface area (Å²) in [6.45, 7) is 4.08. The zero-order valence-corrected chi connectivity index (χ0v) is 13.4. The molecular formula is C13H26N2O4S. The number of carbonyl (C=O) groups is 1. The van der Waals surface area contributed by atoms with Crippen LogP contribution < -0.4 is 4.72 Å². The maximum atomic E-state index is 12.2. The molecule has 0 spiro atoms. The second-order valence-corrected chi connectivity index (χ2v) is 7.63. The topological polar surface area (TPSA) is 86.7 Å². The van der Waals surface area contributed by atoms with E-state index in [-0.39, 0.29) is 0 Å². The van der Waals surface area contributed by atoms with Crippen LogP contribution in [0.25, 0.3) is 0 Å². The average Bonchev–Trinajstić information content (AvgIpc) is 2.38. The van der Waals surface area contributed by atoms with Gasteiger partial charge in [0.15, 0.2) is 0 Å². The summed E-state index contributed by atoms with van der Waals surface area (Å²) in [5.74, 6) is -0.930. The van der Waals surface area contributed by atoms with Crippen LogP contribution in [0.2, 0.25) is 0 Å². The summed E-state index contributed by atoms with van der Waals surface area (Å²) >= 11 is 0. The Balaban J connectivity index is 2.81. The van der Waals surface area contributed by atoms with Gasteiger partial charge in [0.1, 0.15) is 0 Å². The molecule has 1 rings (SSSR count). The standard InChI is InChI=1S/C13H26N2O4S/c1-4-5-10-15(3)20(18,19)14-11-8-6-7-9-13(11,2)12(16)17/h11,14H,4-10H2,1-3H3,(H,16,17). The van der Waals surface area contributed by atoms with Gasteiger partial charge in [0.05, 0.1) is 5.41 Å². The van der Waals surface area contributed by atoms with Crippen molar-refractivity contribution in [2.24, 2.45) is 5.41 Å². The van der Waals surface area contributed by atoms with Crippen LogP contribution in [0.15, 0.2) is 0 Å². The smallest absolute Gasteiger partial charge is 0.310 e. The van der Waals surface area contributed by atoms with Crippen LogP contribution in [0, 0.1) is 5.41 Å². The van der Waals surface area contributed by atoms with E-state index in [4.69, 9.17) is 0 Å². The molecule has 1 aliphatic carbocycles. The van der Waals surface area contributed by atoms with E-state index < -0.39 is 27.6 Å². The van der Waals surface area contributed by atoms with Crippen molar-refractivity contribution in [2.45, 2.75) is 58.4 Å². The van der Waals surface area contributed by atoms with Crippen LogP contribution in [0.5, 0.6) is 0 Å². The highest BCUT2D eigenvalue weighted by Crippen LogP contribution is 2.36. The van der Waals surface area contributed by atoms with Crippen LogP contribution in [0.4, 0.5) is 0 Å². The summed E-state index contributed by atoms with van der Waals surface area (Å²) in [7, 11) is -2.09. The third kappa shape index (κ3) is 3.93. The first-order chi connectivity index (χ1) is 9.24. The van der Waals surface area contributed by atoms with E-state index in [2.05, 4.69) is 4.72 Å². The van der Waals surface area contributed by atoms with E-state index in [1.807, 2.05) is 6.92 Å². The fraction of sp³-hybridized carbons (Fsp3) is 0.923. The average molecular weight is 306 g/mol. The lowest BCUT2D eigenvalue weighted by molar-refractivity contribution is -0.151. The van der Waals surface area contributed by atoms with E-state index in [1.54, 1.807) is 6.92 Å². The summed E-state index contributed by atoms with van der Waals surface area (Å²) in [5, 5.41) is 9.40.